The van der Waals surface area contributed by atoms with Gasteiger partial charge in [-0.3, -0.25) is 9.59 Å². The summed E-state index contributed by atoms with van der Waals surface area (Å²) >= 11 is 0. The Labute approximate surface area is 181 Å². The minimum Gasteiger partial charge on any atom is -0.457 e. The molecule has 30 heavy (non-hydrogen) atoms. The number of benzene rings is 1. The summed E-state index contributed by atoms with van der Waals surface area (Å²) in [6.45, 7) is 12.6. The fourth-order valence-electron chi connectivity index (χ4n) is 2.44. The molecule has 0 fully saturated rings. The lowest BCUT2D eigenvalue weighted by atomic mass is 9.97. The van der Waals surface area contributed by atoms with E-state index in [9.17, 15) is 9.59 Å². The summed E-state index contributed by atoms with van der Waals surface area (Å²) in [6.07, 6.45) is 5.43. The molecule has 6 heteroatoms. The van der Waals surface area contributed by atoms with Crippen molar-refractivity contribution >= 4 is 11.9 Å². The summed E-state index contributed by atoms with van der Waals surface area (Å²) in [7, 11) is 0. The minimum absolute atomic E-state index is 0.166. The maximum absolute atomic E-state index is 12.0. The Hall–Kier alpha value is -2.24. The van der Waals surface area contributed by atoms with Crippen LogP contribution in [0, 0.1) is 10.8 Å². The van der Waals surface area contributed by atoms with Gasteiger partial charge in [0.2, 0.25) is 13.6 Å². The van der Waals surface area contributed by atoms with Gasteiger partial charge in [0, 0.05) is 6.07 Å². The zero-order valence-electron chi connectivity index (χ0n) is 19.6. The van der Waals surface area contributed by atoms with Crippen LogP contribution >= 0.6 is 0 Å². The first-order valence-corrected chi connectivity index (χ1v) is 10.7. The van der Waals surface area contributed by atoms with E-state index >= 15 is 0 Å². The average Bonchev–Trinajstić information content (AvgIpc) is 2.64. The molecule has 1 aromatic rings. The molecule has 6 nitrogen and oxygen atoms in total. The lowest BCUT2D eigenvalue weighted by Gasteiger charge is -2.19. The summed E-state index contributed by atoms with van der Waals surface area (Å²) in [5.74, 6) is 0.466. The van der Waals surface area contributed by atoms with Crippen LogP contribution < -0.4 is 9.47 Å². The third kappa shape index (κ3) is 9.51. The van der Waals surface area contributed by atoms with Crippen LogP contribution in [0.2, 0.25) is 0 Å². The van der Waals surface area contributed by atoms with E-state index in [0.717, 1.165) is 24.8 Å². The maximum Gasteiger partial charge on any atom is 0.314 e. The van der Waals surface area contributed by atoms with Crippen molar-refractivity contribution in [2.75, 3.05) is 13.6 Å². The molecular weight excluding hydrogens is 384 g/mol. The topological polar surface area (TPSA) is 71.1 Å². The second kappa shape index (κ2) is 11.8. The van der Waals surface area contributed by atoms with Crippen molar-refractivity contribution in [2.24, 2.45) is 10.8 Å². The number of rotatable bonds is 11. The van der Waals surface area contributed by atoms with Crippen molar-refractivity contribution in [3.8, 4) is 11.5 Å². The predicted octanol–water partition coefficient (Wildman–Crippen LogP) is 5.66. The molecule has 0 amide bonds. The van der Waals surface area contributed by atoms with E-state index in [1.54, 1.807) is 47.6 Å². The molecular formula is C24H38O6. The van der Waals surface area contributed by atoms with E-state index in [-0.39, 0.29) is 25.5 Å². The second-order valence-electron chi connectivity index (χ2n) is 9.47. The first-order chi connectivity index (χ1) is 13.9. The lowest BCUT2D eigenvalue weighted by Crippen LogP contribution is -2.25. The molecule has 0 aliphatic rings. The number of esters is 2. The Balaban J connectivity index is 2.76. The highest BCUT2D eigenvalue weighted by Gasteiger charge is 2.24. The average molecular weight is 423 g/mol. The fraction of sp³-hybridized carbons (Fsp3) is 0.667. The van der Waals surface area contributed by atoms with Gasteiger partial charge < -0.3 is 18.9 Å². The van der Waals surface area contributed by atoms with Crippen LogP contribution in [-0.4, -0.2) is 25.5 Å². The number of carbonyl (C=O) groups is 2. The second-order valence-corrected chi connectivity index (χ2v) is 9.47. The molecule has 0 unspecified atom stereocenters. The van der Waals surface area contributed by atoms with Crippen molar-refractivity contribution in [3.63, 3.8) is 0 Å². The lowest BCUT2D eigenvalue weighted by molar-refractivity contribution is -0.160. The van der Waals surface area contributed by atoms with Crippen molar-refractivity contribution in [1.29, 1.82) is 0 Å². The van der Waals surface area contributed by atoms with E-state index < -0.39 is 10.8 Å². The van der Waals surface area contributed by atoms with Gasteiger partial charge in [-0.1, -0.05) is 32.3 Å². The molecule has 0 aromatic heterocycles. The van der Waals surface area contributed by atoms with Gasteiger partial charge in [0.15, 0.2) is 0 Å². The van der Waals surface area contributed by atoms with E-state index in [2.05, 4.69) is 6.92 Å². The molecule has 0 saturated heterocycles. The van der Waals surface area contributed by atoms with Crippen molar-refractivity contribution < 1.29 is 28.5 Å². The van der Waals surface area contributed by atoms with Gasteiger partial charge in [-0.15, -0.1) is 0 Å². The van der Waals surface area contributed by atoms with Crippen molar-refractivity contribution in [1.82, 2.24) is 0 Å². The highest BCUT2D eigenvalue weighted by Crippen LogP contribution is 2.27. The summed E-state index contributed by atoms with van der Waals surface area (Å²) in [6, 6.07) is 5.51. The first kappa shape index (κ1) is 25.8. The summed E-state index contributed by atoms with van der Waals surface area (Å²) in [5.41, 5.74) is -0.151. The summed E-state index contributed by atoms with van der Waals surface area (Å²) < 4.78 is 21.7. The standard InChI is InChI=1S/C24H38O6/c1-8-9-10-11-12-18-13-14-19(27-16-29-21(25)23(2,3)4)15-20(18)28-17-30-22(26)24(5,6)7/h13-15H,8-12,16-17H2,1-7H3. The van der Waals surface area contributed by atoms with Gasteiger partial charge in [0.25, 0.3) is 0 Å². The molecule has 0 N–H and O–H groups in total. The molecule has 0 heterocycles. The van der Waals surface area contributed by atoms with Gasteiger partial charge in [-0.2, -0.15) is 0 Å². The van der Waals surface area contributed by atoms with Crippen molar-refractivity contribution in [2.45, 2.75) is 80.6 Å². The Morgan fingerprint density at radius 1 is 0.800 bits per heavy atom. The van der Waals surface area contributed by atoms with Gasteiger partial charge in [-0.05, 0) is 66.0 Å². The molecule has 0 saturated carbocycles. The van der Waals surface area contributed by atoms with Crippen LogP contribution in [0.3, 0.4) is 0 Å². The third-order valence-corrected chi connectivity index (χ3v) is 4.38. The Morgan fingerprint density at radius 3 is 1.90 bits per heavy atom. The predicted molar refractivity (Wildman–Crippen MR) is 116 cm³/mol. The van der Waals surface area contributed by atoms with Crippen LogP contribution in [0.5, 0.6) is 11.5 Å². The third-order valence-electron chi connectivity index (χ3n) is 4.38. The highest BCUT2D eigenvalue weighted by molar-refractivity contribution is 5.75. The van der Waals surface area contributed by atoms with Crippen LogP contribution in [0.4, 0.5) is 0 Å². The number of hydrogen-bond donors (Lipinski definition) is 0. The molecule has 1 aromatic carbocycles. The number of hydrogen-bond acceptors (Lipinski definition) is 6. The molecule has 0 spiro atoms. The zero-order chi connectivity index (χ0) is 22.8. The van der Waals surface area contributed by atoms with Crippen LogP contribution in [0.1, 0.15) is 79.7 Å². The summed E-state index contributed by atoms with van der Waals surface area (Å²) in [5, 5.41) is 0. The Bertz CT molecular complexity index is 682. The smallest absolute Gasteiger partial charge is 0.314 e. The maximum atomic E-state index is 12.0. The van der Waals surface area contributed by atoms with Crippen molar-refractivity contribution in [3.05, 3.63) is 23.8 Å². The minimum atomic E-state index is -0.589. The number of aryl methyl sites for hydroxylation is 1. The highest BCUT2D eigenvalue weighted by atomic mass is 16.7. The molecule has 0 aliphatic heterocycles. The zero-order valence-corrected chi connectivity index (χ0v) is 19.6. The van der Waals surface area contributed by atoms with Crippen LogP contribution in [0.15, 0.2) is 18.2 Å². The molecule has 0 atom stereocenters. The van der Waals surface area contributed by atoms with Gasteiger partial charge in [0.05, 0.1) is 10.8 Å². The van der Waals surface area contributed by atoms with Crippen LogP contribution in [-0.2, 0) is 25.5 Å². The normalized spacial score (nSPS) is 11.7. The molecule has 1 rings (SSSR count). The fourth-order valence-corrected chi connectivity index (χ4v) is 2.44. The molecule has 0 radical (unpaired) electrons. The SMILES string of the molecule is CCCCCCc1ccc(OCOC(=O)C(C)(C)C)cc1OCOC(=O)C(C)(C)C. The molecule has 0 bridgehead atoms. The Kier molecular flexibility index (Phi) is 10.2. The molecule has 0 aliphatic carbocycles. The van der Waals surface area contributed by atoms with E-state index in [1.807, 2.05) is 12.1 Å². The summed E-state index contributed by atoms with van der Waals surface area (Å²) in [4.78, 5) is 23.8. The first-order valence-electron chi connectivity index (χ1n) is 10.7. The number of ether oxygens (including phenoxy) is 4. The van der Waals surface area contributed by atoms with Crippen LogP contribution in [0.25, 0.3) is 0 Å². The quantitative estimate of drug-likeness (QED) is 0.260. The Morgan fingerprint density at radius 2 is 1.37 bits per heavy atom. The van der Waals surface area contributed by atoms with Gasteiger partial charge in [0.1, 0.15) is 11.5 Å². The van der Waals surface area contributed by atoms with Gasteiger partial charge in [-0.25, -0.2) is 0 Å². The van der Waals surface area contributed by atoms with E-state index in [1.165, 1.54) is 12.8 Å². The largest absolute Gasteiger partial charge is 0.457 e. The number of carbonyl (C=O) groups excluding carboxylic acids is 2. The molecule has 170 valence electrons. The number of unbranched alkanes of at least 4 members (excludes halogenated alkanes) is 3. The van der Waals surface area contributed by atoms with E-state index in [0.29, 0.717) is 11.5 Å². The van der Waals surface area contributed by atoms with E-state index in [4.69, 9.17) is 18.9 Å². The monoisotopic (exact) mass is 422 g/mol. The van der Waals surface area contributed by atoms with Gasteiger partial charge >= 0.3 is 11.9 Å².